The number of pyridine rings is 1. The molecule has 172 valence electrons. The molecule has 6 nitrogen and oxygen atoms in total. The van der Waals surface area contributed by atoms with Crippen LogP contribution in [0.5, 0.6) is 5.75 Å². The van der Waals surface area contributed by atoms with E-state index in [9.17, 15) is 5.11 Å². The van der Waals surface area contributed by atoms with E-state index in [1.165, 1.54) is 0 Å². The van der Waals surface area contributed by atoms with E-state index >= 15 is 0 Å². The molecule has 1 atom stereocenters. The van der Waals surface area contributed by atoms with Crippen LogP contribution in [0.25, 0.3) is 22.2 Å². The number of nitrogens with zero attached hydrogens (tertiary/aromatic N) is 2. The van der Waals surface area contributed by atoms with E-state index in [2.05, 4.69) is 41.5 Å². The van der Waals surface area contributed by atoms with Crippen molar-refractivity contribution in [2.24, 2.45) is 0 Å². The average Bonchev–Trinajstić information content (AvgIpc) is 2.84. The number of likely N-dealkylation sites (N-methyl/N-ethyl adjacent to an activating group) is 1. The van der Waals surface area contributed by atoms with Crippen LogP contribution in [0.15, 0.2) is 54.6 Å². The van der Waals surface area contributed by atoms with Gasteiger partial charge in [0.05, 0.1) is 24.4 Å². The zero-order valence-electron chi connectivity index (χ0n) is 19.5. The first-order valence-electron chi connectivity index (χ1n) is 11.5. The van der Waals surface area contributed by atoms with Gasteiger partial charge in [0.15, 0.2) is 0 Å². The minimum Gasteiger partial charge on any atom is -0.497 e. The Labute approximate surface area is 191 Å². The first kappa shape index (κ1) is 24.0. The number of aliphatic hydroxyl groups is 1. The van der Waals surface area contributed by atoms with E-state index in [4.69, 9.17) is 9.72 Å². The summed E-state index contributed by atoms with van der Waals surface area (Å²) < 4.78 is 5.27. The molecule has 3 aromatic rings. The van der Waals surface area contributed by atoms with Gasteiger partial charge in [-0.2, -0.15) is 0 Å². The summed E-state index contributed by atoms with van der Waals surface area (Å²) in [5.41, 5.74) is 4.05. The predicted molar refractivity (Wildman–Crippen MR) is 134 cm³/mol. The van der Waals surface area contributed by atoms with E-state index in [1.54, 1.807) is 7.11 Å². The Morgan fingerprint density at radius 1 is 1.03 bits per heavy atom. The largest absolute Gasteiger partial charge is 0.497 e. The number of aromatic nitrogens is 1. The maximum absolute atomic E-state index is 10.2. The number of para-hydroxylation sites is 1. The fourth-order valence-electron chi connectivity index (χ4n) is 3.78. The Kier molecular flexibility index (Phi) is 9.28. The lowest BCUT2D eigenvalue weighted by molar-refractivity contribution is 0.117. The van der Waals surface area contributed by atoms with Crippen molar-refractivity contribution in [1.82, 2.24) is 15.2 Å². The van der Waals surface area contributed by atoms with Gasteiger partial charge in [-0.1, -0.05) is 32.0 Å². The molecule has 1 unspecified atom stereocenters. The highest BCUT2D eigenvalue weighted by molar-refractivity contribution is 5.93. The first-order chi connectivity index (χ1) is 15.6. The van der Waals surface area contributed by atoms with Crippen molar-refractivity contribution < 1.29 is 9.84 Å². The van der Waals surface area contributed by atoms with Crippen LogP contribution in [0.3, 0.4) is 0 Å². The summed E-state index contributed by atoms with van der Waals surface area (Å²) in [6.07, 6.45) is 0.631. The molecular weight excluding hydrogens is 400 g/mol. The molecule has 0 saturated heterocycles. The van der Waals surface area contributed by atoms with Gasteiger partial charge in [-0.15, -0.1) is 0 Å². The summed E-state index contributed by atoms with van der Waals surface area (Å²) in [7, 11) is 1.67. The van der Waals surface area contributed by atoms with Crippen LogP contribution in [-0.2, 0) is 0 Å². The third kappa shape index (κ3) is 6.66. The molecule has 6 heteroatoms. The zero-order chi connectivity index (χ0) is 22.8. The fourth-order valence-corrected chi connectivity index (χ4v) is 3.78. The predicted octanol–water partition coefficient (Wildman–Crippen LogP) is 4.00. The number of methoxy groups -OCH3 is 1. The maximum Gasteiger partial charge on any atom is 0.118 e. The molecule has 3 N–H and O–H groups in total. The molecule has 0 radical (unpaired) electrons. The molecule has 0 aliphatic heterocycles. The second-order valence-electron chi connectivity index (χ2n) is 7.92. The second-order valence-corrected chi connectivity index (χ2v) is 7.92. The van der Waals surface area contributed by atoms with Crippen molar-refractivity contribution in [3.05, 3.63) is 54.6 Å². The molecule has 0 aliphatic rings. The molecule has 1 aromatic heterocycles. The lowest BCUT2D eigenvalue weighted by Gasteiger charge is -2.22. The average molecular weight is 437 g/mol. The Bertz CT molecular complexity index is 958. The number of fused-ring (bicyclic) bond motifs is 1. The number of hydrogen-bond acceptors (Lipinski definition) is 6. The Balaban J connectivity index is 1.57. The third-order valence-corrected chi connectivity index (χ3v) is 5.69. The molecule has 1 heterocycles. The van der Waals surface area contributed by atoms with E-state index in [1.807, 2.05) is 42.5 Å². The minimum atomic E-state index is -0.334. The highest BCUT2D eigenvalue weighted by Gasteiger charge is 2.09. The van der Waals surface area contributed by atoms with E-state index in [0.717, 1.165) is 72.7 Å². The van der Waals surface area contributed by atoms with Gasteiger partial charge in [-0.05, 0) is 62.5 Å². The number of nitrogens with one attached hydrogen (secondary N) is 2. The number of aliphatic hydroxyl groups excluding tert-OH is 1. The standard InChI is InChI=1S/C26H36N4O2/c1-4-30(5-2)19-21(31)18-27-15-8-16-28-26-17-25(20-11-13-22(32-3)14-12-20)29-24-10-7-6-9-23(24)26/h6-7,9-14,17,21,27,31H,4-5,8,15-16,18-19H2,1-3H3,(H,28,29). The van der Waals surface area contributed by atoms with Gasteiger partial charge in [0, 0.05) is 36.3 Å². The van der Waals surface area contributed by atoms with Crippen molar-refractivity contribution in [1.29, 1.82) is 0 Å². The summed E-state index contributed by atoms with van der Waals surface area (Å²) in [5, 5.41) is 18.2. The summed E-state index contributed by atoms with van der Waals surface area (Å²) in [6, 6.07) is 18.3. The molecule has 2 aromatic carbocycles. The van der Waals surface area contributed by atoms with Crippen LogP contribution in [0.2, 0.25) is 0 Å². The van der Waals surface area contributed by atoms with Gasteiger partial charge < -0.3 is 25.4 Å². The highest BCUT2D eigenvalue weighted by atomic mass is 16.5. The van der Waals surface area contributed by atoms with Crippen LogP contribution < -0.4 is 15.4 Å². The fraction of sp³-hybridized carbons (Fsp3) is 0.423. The number of benzene rings is 2. The summed E-state index contributed by atoms with van der Waals surface area (Å²) in [4.78, 5) is 7.09. The van der Waals surface area contributed by atoms with Gasteiger partial charge in [-0.25, -0.2) is 4.98 Å². The van der Waals surface area contributed by atoms with Crippen LogP contribution in [-0.4, -0.2) is 67.5 Å². The maximum atomic E-state index is 10.2. The quantitative estimate of drug-likeness (QED) is 0.352. The molecular formula is C26H36N4O2. The lowest BCUT2D eigenvalue weighted by Crippen LogP contribution is -2.38. The van der Waals surface area contributed by atoms with Gasteiger partial charge in [0.2, 0.25) is 0 Å². The van der Waals surface area contributed by atoms with Crippen molar-refractivity contribution in [3.63, 3.8) is 0 Å². The summed E-state index contributed by atoms with van der Waals surface area (Å²) >= 11 is 0. The normalized spacial score (nSPS) is 12.3. The number of rotatable bonds is 13. The molecule has 0 amide bonds. The Morgan fingerprint density at radius 3 is 2.50 bits per heavy atom. The smallest absolute Gasteiger partial charge is 0.118 e. The second kappa shape index (κ2) is 12.4. The lowest BCUT2D eigenvalue weighted by atomic mass is 10.1. The molecule has 0 aliphatic carbocycles. The molecule has 3 rings (SSSR count). The molecule has 0 spiro atoms. The van der Waals surface area contributed by atoms with Crippen LogP contribution in [0, 0.1) is 0 Å². The number of ether oxygens (including phenoxy) is 1. The van der Waals surface area contributed by atoms with Crippen molar-refractivity contribution in [3.8, 4) is 17.0 Å². The van der Waals surface area contributed by atoms with Crippen molar-refractivity contribution in [2.45, 2.75) is 26.4 Å². The van der Waals surface area contributed by atoms with Gasteiger partial charge >= 0.3 is 0 Å². The highest BCUT2D eigenvalue weighted by Crippen LogP contribution is 2.29. The van der Waals surface area contributed by atoms with Crippen molar-refractivity contribution >= 4 is 16.6 Å². The van der Waals surface area contributed by atoms with E-state index in [0.29, 0.717) is 6.54 Å². The summed E-state index contributed by atoms with van der Waals surface area (Å²) in [5.74, 6) is 0.836. The third-order valence-electron chi connectivity index (χ3n) is 5.69. The van der Waals surface area contributed by atoms with E-state index in [-0.39, 0.29) is 6.10 Å². The molecule has 0 saturated carbocycles. The molecule has 0 fully saturated rings. The van der Waals surface area contributed by atoms with Gasteiger partial charge in [0.25, 0.3) is 0 Å². The number of anilines is 1. The minimum absolute atomic E-state index is 0.334. The van der Waals surface area contributed by atoms with Gasteiger partial charge in [-0.3, -0.25) is 0 Å². The van der Waals surface area contributed by atoms with E-state index < -0.39 is 0 Å². The van der Waals surface area contributed by atoms with Crippen molar-refractivity contribution in [2.75, 3.05) is 51.7 Å². The number of hydrogen-bond donors (Lipinski definition) is 3. The van der Waals surface area contributed by atoms with Crippen LogP contribution in [0.4, 0.5) is 5.69 Å². The topological polar surface area (TPSA) is 69.7 Å². The monoisotopic (exact) mass is 436 g/mol. The first-order valence-corrected chi connectivity index (χ1v) is 11.5. The molecule has 32 heavy (non-hydrogen) atoms. The zero-order valence-corrected chi connectivity index (χ0v) is 19.5. The SMILES string of the molecule is CCN(CC)CC(O)CNCCCNc1cc(-c2ccc(OC)cc2)nc2ccccc12. The van der Waals surface area contributed by atoms with Crippen LogP contribution in [0.1, 0.15) is 20.3 Å². The van der Waals surface area contributed by atoms with Crippen LogP contribution >= 0.6 is 0 Å². The Morgan fingerprint density at radius 2 is 1.78 bits per heavy atom. The Hall–Kier alpha value is -2.67. The summed E-state index contributed by atoms with van der Waals surface area (Å²) in [6.45, 7) is 9.22. The molecule has 0 bridgehead atoms. The van der Waals surface area contributed by atoms with Gasteiger partial charge in [0.1, 0.15) is 5.75 Å².